The molecule has 11 nitrogen and oxygen atoms in total. The highest BCUT2D eigenvalue weighted by Gasteiger charge is 2.25. The van der Waals surface area contributed by atoms with Gasteiger partial charge in [0.15, 0.2) is 0 Å². The fourth-order valence-corrected chi connectivity index (χ4v) is 10.1. The predicted molar refractivity (Wildman–Crippen MR) is 246 cm³/mol. The van der Waals surface area contributed by atoms with Crippen molar-refractivity contribution in [1.82, 2.24) is 0 Å². The average Bonchev–Trinajstić information content (AvgIpc) is 3.31. The topological polar surface area (TPSA) is 160 Å². The van der Waals surface area contributed by atoms with Crippen LogP contribution in [0.3, 0.4) is 0 Å². The van der Waals surface area contributed by atoms with Crippen molar-refractivity contribution in [3.8, 4) is 62.5 Å². The molecule has 0 saturated heterocycles. The highest BCUT2D eigenvalue weighted by molar-refractivity contribution is 7.92. The van der Waals surface area contributed by atoms with E-state index < -0.39 is 34.7 Å². The van der Waals surface area contributed by atoms with Gasteiger partial charge in [0.1, 0.15) is 45.1 Å². The highest BCUT2D eigenvalue weighted by Crippen LogP contribution is 2.36. The number of methoxy groups -OCH3 is 1. The molecule has 0 fully saturated rings. The van der Waals surface area contributed by atoms with Gasteiger partial charge in [-0.05, 0) is 175 Å². The van der Waals surface area contributed by atoms with Crippen LogP contribution in [0.2, 0.25) is 0 Å². The Balaban J connectivity index is 0.880. The first-order valence-corrected chi connectivity index (χ1v) is 24.4. The molecule has 0 heterocycles. The second kappa shape index (κ2) is 18.1. The summed E-state index contributed by atoms with van der Waals surface area (Å²) in [7, 11) is -11.2. The lowest BCUT2D eigenvalue weighted by molar-refractivity contribution is 0.415. The number of hydrogen-bond donors (Lipinski definition) is 1. The number of benzene rings is 8. The van der Waals surface area contributed by atoms with Gasteiger partial charge in [-0.3, -0.25) is 4.55 Å². The predicted octanol–water partition coefficient (Wildman–Crippen LogP) is 11.9. The van der Waals surface area contributed by atoms with Crippen LogP contribution in [0.5, 0.6) is 40.2 Å². The van der Waals surface area contributed by atoms with Gasteiger partial charge >= 0.3 is 0 Å². The Morgan fingerprint density at radius 1 is 0.354 bits per heavy atom. The maximum Gasteiger partial charge on any atom is 0.298 e. The molecule has 8 aromatic rings. The number of ether oxygens (including phenoxy) is 4. The Morgan fingerprint density at radius 3 is 1.06 bits per heavy atom. The Morgan fingerprint density at radius 2 is 0.677 bits per heavy atom. The van der Waals surface area contributed by atoms with E-state index in [0.717, 1.165) is 45.2 Å². The second-order valence-corrected chi connectivity index (χ2v) is 20.2. The summed E-state index contributed by atoms with van der Waals surface area (Å²) in [5.74, 6) is 2.80. The molecule has 0 aliphatic heterocycles. The van der Waals surface area contributed by atoms with Gasteiger partial charge in [-0.15, -0.1) is 0 Å². The van der Waals surface area contributed by atoms with Gasteiger partial charge in [-0.1, -0.05) is 54.6 Å². The standard InChI is InChI=1S/C51H40O11S3/c1-34-4-25-48(32-35(34)2)64(54,55)49-30-31-50(51(33-49)65(56,57)58)62-45-19-11-39(12-20-45)38-9-17-42(18-10-38)61-44-23-28-47(29-24-44)63(52,53)46-26-21-43(22-27-46)60-41-15-7-37(8-16-41)36-5-13-40(59-3)14-6-36/h4-33H,1-3H3,(H,56,57,58). The number of rotatable bonds is 14. The van der Waals surface area contributed by atoms with Gasteiger partial charge in [-0.25, -0.2) is 16.8 Å². The van der Waals surface area contributed by atoms with Crippen molar-refractivity contribution in [3.63, 3.8) is 0 Å². The minimum absolute atomic E-state index is 0.0100. The first kappa shape index (κ1) is 44.4. The minimum atomic E-state index is -4.88. The SMILES string of the molecule is COc1ccc(-c2ccc(Oc3ccc(S(=O)(=O)c4ccc(Oc5ccc(-c6ccc(Oc7ccc(S(=O)(=O)c8ccc(C)c(C)c8)cc7S(=O)(=O)O)cc6)cc5)cc4)cc3)cc2)cc1. The lowest BCUT2D eigenvalue weighted by Gasteiger charge is -2.13. The van der Waals surface area contributed by atoms with Crippen LogP contribution in [0.4, 0.5) is 0 Å². The van der Waals surface area contributed by atoms with Crippen LogP contribution < -0.4 is 18.9 Å². The van der Waals surface area contributed by atoms with Gasteiger partial charge in [0.25, 0.3) is 10.1 Å². The van der Waals surface area contributed by atoms with E-state index in [-0.39, 0.29) is 31.1 Å². The molecule has 8 aromatic carbocycles. The molecule has 0 spiro atoms. The zero-order chi connectivity index (χ0) is 45.9. The van der Waals surface area contributed by atoms with Gasteiger partial charge < -0.3 is 18.9 Å². The first-order chi connectivity index (χ1) is 31.1. The van der Waals surface area contributed by atoms with Crippen LogP contribution >= 0.6 is 0 Å². The molecule has 0 aliphatic rings. The third-order valence-corrected chi connectivity index (χ3v) is 15.0. The van der Waals surface area contributed by atoms with Gasteiger partial charge in [0.2, 0.25) is 19.7 Å². The molecule has 8 rings (SSSR count). The Kier molecular flexibility index (Phi) is 12.4. The third-order valence-electron chi connectivity index (χ3n) is 10.6. The summed E-state index contributed by atoms with van der Waals surface area (Å²) < 4.78 is 111. The van der Waals surface area contributed by atoms with E-state index in [1.165, 1.54) is 48.5 Å². The first-order valence-electron chi connectivity index (χ1n) is 19.9. The molecular weight excluding hydrogens is 885 g/mol. The molecular formula is C51H40O11S3. The van der Waals surface area contributed by atoms with Crippen LogP contribution in [0.15, 0.2) is 206 Å². The van der Waals surface area contributed by atoms with E-state index in [1.807, 2.05) is 67.6 Å². The number of sulfone groups is 2. The zero-order valence-corrected chi connectivity index (χ0v) is 37.5. The van der Waals surface area contributed by atoms with Crippen LogP contribution in [-0.2, 0) is 29.8 Å². The number of hydrogen-bond acceptors (Lipinski definition) is 10. The van der Waals surface area contributed by atoms with Crippen LogP contribution in [-0.4, -0.2) is 36.9 Å². The van der Waals surface area contributed by atoms with E-state index in [1.54, 1.807) is 80.8 Å². The van der Waals surface area contributed by atoms with E-state index in [9.17, 15) is 29.8 Å². The second-order valence-electron chi connectivity index (χ2n) is 14.9. The molecule has 1 N–H and O–H groups in total. The van der Waals surface area contributed by atoms with Crippen LogP contribution in [0.1, 0.15) is 11.1 Å². The van der Waals surface area contributed by atoms with Gasteiger partial charge in [0.05, 0.1) is 26.7 Å². The molecule has 0 bridgehead atoms. The smallest absolute Gasteiger partial charge is 0.298 e. The molecule has 14 heteroatoms. The maximum atomic E-state index is 13.5. The summed E-state index contributed by atoms with van der Waals surface area (Å²) in [5, 5.41) is 0. The molecule has 0 atom stereocenters. The van der Waals surface area contributed by atoms with E-state index in [0.29, 0.717) is 23.0 Å². The van der Waals surface area contributed by atoms with E-state index in [2.05, 4.69) is 0 Å². The monoisotopic (exact) mass is 924 g/mol. The fourth-order valence-electron chi connectivity index (χ4n) is 6.80. The molecule has 0 radical (unpaired) electrons. The molecule has 0 aromatic heterocycles. The van der Waals surface area contributed by atoms with E-state index in [4.69, 9.17) is 18.9 Å². The molecule has 0 aliphatic carbocycles. The lowest BCUT2D eigenvalue weighted by Crippen LogP contribution is -2.07. The summed E-state index contributed by atoms with van der Waals surface area (Å²) >= 11 is 0. The normalized spacial score (nSPS) is 11.8. The summed E-state index contributed by atoms with van der Waals surface area (Å²) in [6.07, 6.45) is 0. The highest BCUT2D eigenvalue weighted by atomic mass is 32.2. The van der Waals surface area contributed by atoms with Crippen molar-refractivity contribution in [2.75, 3.05) is 7.11 Å². The largest absolute Gasteiger partial charge is 0.497 e. The summed E-state index contributed by atoms with van der Waals surface area (Å²) in [6, 6.07) is 49.5. The van der Waals surface area contributed by atoms with Crippen molar-refractivity contribution in [3.05, 3.63) is 193 Å². The van der Waals surface area contributed by atoms with Crippen molar-refractivity contribution in [2.24, 2.45) is 0 Å². The summed E-state index contributed by atoms with van der Waals surface area (Å²) in [4.78, 5) is -0.808. The van der Waals surface area contributed by atoms with Gasteiger partial charge in [-0.2, -0.15) is 8.42 Å². The Hall–Kier alpha value is -7.23. The van der Waals surface area contributed by atoms with Crippen LogP contribution in [0.25, 0.3) is 22.3 Å². The maximum absolute atomic E-state index is 13.5. The third kappa shape index (κ3) is 9.96. The van der Waals surface area contributed by atoms with Crippen molar-refractivity contribution in [1.29, 1.82) is 0 Å². The number of aryl methyl sites for hydroxylation is 2. The van der Waals surface area contributed by atoms with E-state index >= 15 is 0 Å². The fraction of sp³-hybridized carbons (Fsp3) is 0.0588. The zero-order valence-electron chi connectivity index (χ0n) is 35.1. The molecule has 0 amide bonds. The average molecular weight is 925 g/mol. The summed E-state index contributed by atoms with van der Waals surface area (Å²) in [5.41, 5.74) is 5.32. The quantitative estimate of drug-likeness (QED) is 0.103. The van der Waals surface area contributed by atoms with Gasteiger partial charge in [0, 0.05) is 0 Å². The molecule has 0 unspecified atom stereocenters. The van der Waals surface area contributed by atoms with Crippen molar-refractivity contribution >= 4 is 29.8 Å². The molecule has 328 valence electrons. The lowest BCUT2D eigenvalue weighted by atomic mass is 10.1. The Bertz CT molecular complexity index is 3340. The Labute approximate surface area is 377 Å². The van der Waals surface area contributed by atoms with Crippen LogP contribution in [0, 0.1) is 13.8 Å². The molecule has 65 heavy (non-hydrogen) atoms. The van der Waals surface area contributed by atoms with Crippen molar-refractivity contribution in [2.45, 2.75) is 38.3 Å². The van der Waals surface area contributed by atoms with Crippen molar-refractivity contribution < 1.29 is 48.8 Å². The molecule has 0 saturated carbocycles. The summed E-state index contributed by atoms with van der Waals surface area (Å²) in [6.45, 7) is 3.62. The minimum Gasteiger partial charge on any atom is -0.497 e.